The van der Waals surface area contributed by atoms with E-state index in [0.717, 1.165) is 18.5 Å². The van der Waals surface area contributed by atoms with Crippen LogP contribution in [-0.4, -0.2) is 33.5 Å². The second-order valence-corrected chi connectivity index (χ2v) is 4.23. The third-order valence-corrected chi connectivity index (χ3v) is 2.95. The van der Waals surface area contributed by atoms with Crippen LogP contribution in [0.2, 0.25) is 0 Å². The zero-order valence-corrected chi connectivity index (χ0v) is 9.34. The van der Waals surface area contributed by atoms with Gasteiger partial charge in [-0.15, -0.1) is 0 Å². The molecule has 0 aromatic carbocycles. The number of aromatic nitrogens is 1. The van der Waals surface area contributed by atoms with Crippen LogP contribution in [0.25, 0.3) is 0 Å². The van der Waals surface area contributed by atoms with E-state index in [9.17, 15) is 4.79 Å². The van der Waals surface area contributed by atoms with E-state index >= 15 is 0 Å². The average Bonchev–Trinajstić information content (AvgIpc) is 3.10. The van der Waals surface area contributed by atoms with E-state index in [2.05, 4.69) is 4.98 Å². The molecule has 4 nitrogen and oxygen atoms in total. The summed E-state index contributed by atoms with van der Waals surface area (Å²) in [6.45, 7) is 2.12. The molecule has 0 saturated heterocycles. The third-order valence-electron chi connectivity index (χ3n) is 2.95. The number of aliphatic carboxylic acids is 1. The first-order valence-electron chi connectivity index (χ1n) is 5.57. The lowest BCUT2D eigenvalue weighted by Crippen LogP contribution is -2.34. The molecule has 1 aliphatic carbocycles. The Morgan fingerprint density at radius 1 is 1.62 bits per heavy atom. The van der Waals surface area contributed by atoms with Gasteiger partial charge in [0, 0.05) is 12.2 Å². The lowest BCUT2D eigenvalue weighted by Gasteiger charge is -2.26. The number of pyridine rings is 1. The zero-order valence-electron chi connectivity index (χ0n) is 9.34. The van der Waals surface area contributed by atoms with E-state index < -0.39 is 5.97 Å². The van der Waals surface area contributed by atoms with Crippen LogP contribution in [0.4, 0.5) is 0 Å². The Kier molecular flexibility index (Phi) is 3.19. The van der Waals surface area contributed by atoms with Crippen LogP contribution in [-0.2, 0) is 4.79 Å². The topological polar surface area (TPSA) is 53.4 Å². The number of hydrogen-bond donors (Lipinski definition) is 1. The molecule has 0 aliphatic heterocycles. The fraction of sp³-hybridized carbons (Fsp3) is 0.500. The van der Waals surface area contributed by atoms with Crippen molar-refractivity contribution in [2.75, 3.05) is 6.54 Å². The Labute approximate surface area is 94.9 Å². The minimum atomic E-state index is -0.769. The van der Waals surface area contributed by atoms with Crippen molar-refractivity contribution >= 4 is 5.97 Å². The summed E-state index contributed by atoms with van der Waals surface area (Å²) in [5, 5.41) is 8.89. The summed E-state index contributed by atoms with van der Waals surface area (Å²) >= 11 is 0. The summed E-state index contributed by atoms with van der Waals surface area (Å²) in [4.78, 5) is 17.1. The summed E-state index contributed by atoms with van der Waals surface area (Å²) in [6.07, 6.45) is 3.95. The highest BCUT2D eigenvalue weighted by molar-refractivity contribution is 5.69. The fourth-order valence-corrected chi connectivity index (χ4v) is 1.94. The molecule has 1 heterocycles. The number of carboxylic acids is 1. The van der Waals surface area contributed by atoms with Crippen LogP contribution in [0.5, 0.6) is 0 Å². The number of carboxylic acid groups (broad SMARTS) is 1. The molecule has 0 unspecified atom stereocenters. The van der Waals surface area contributed by atoms with Crippen LogP contribution in [0, 0.1) is 0 Å². The highest BCUT2D eigenvalue weighted by Crippen LogP contribution is 2.33. The molecule has 86 valence electrons. The van der Waals surface area contributed by atoms with Crippen LogP contribution in [0.3, 0.4) is 0 Å². The first-order chi connectivity index (χ1) is 7.68. The molecule has 0 radical (unpaired) electrons. The molecule has 4 heteroatoms. The van der Waals surface area contributed by atoms with Gasteiger partial charge in [0.25, 0.3) is 0 Å². The van der Waals surface area contributed by atoms with Gasteiger partial charge < -0.3 is 5.11 Å². The van der Waals surface area contributed by atoms with Crippen molar-refractivity contribution in [2.45, 2.75) is 31.8 Å². The van der Waals surface area contributed by atoms with Gasteiger partial charge in [-0.25, -0.2) is 0 Å². The van der Waals surface area contributed by atoms with Gasteiger partial charge in [-0.2, -0.15) is 0 Å². The van der Waals surface area contributed by atoms with Crippen LogP contribution < -0.4 is 0 Å². The monoisotopic (exact) mass is 220 g/mol. The van der Waals surface area contributed by atoms with Gasteiger partial charge in [-0.05, 0) is 31.9 Å². The third kappa shape index (κ3) is 2.58. The van der Waals surface area contributed by atoms with Crippen molar-refractivity contribution < 1.29 is 9.90 Å². The van der Waals surface area contributed by atoms with Gasteiger partial charge in [0.05, 0.1) is 18.3 Å². The van der Waals surface area contributed by atoms with Crippen molar-refractivity contribution in [1.29, 1.82) is 0 Å². The van der Waals surface area contributed by atoms with E-state index in [4.69, 9.17) is 5.11 Å². The Bertz CT molecular complexity index is 363. The smallest absolute Gasteiger partial charge is 0.317 e. The largest absolute Gasteiger partial charge is 0.480 e. The maximum Gasteiger partial charge on any atom is 0.317 e. The Balaban J connectivity index is 2.10. The average molecular weight is 220 g/mol. The molecule has 0 bridgehead atoms. The summed E-state index contributed by atoms with van der Waals surface area (Å²) in [5.41, 5.74) is 0.940. The maximum absolute atomic E-state index is 10.8. The van der Waals surface area contributed by atoms with E-state index in [-0.39, 0.29) is 12.6 Å². The molecule has 0 spiro atoms. The maximum atomic E-state index is 10.8. The van der Waals surface area contributed by atoms with Gasteiger partial charge in [0.15, 0.2) is 0 Å². The Morgan fingerprint density at radius 3 is 2.88 bits per heavy atom. The van der Waals surface area contributed by atoms with Gasteiger partial charge in [-0.1, -0.05) is 6.07 Å². The molecule has 1 aromatic rings. The minimum Gasteiger partial charge on any atom is -0.480 e. The number of nitrogens with zero attached hydrogens (tertiary/aromatic N) is 2. The molecule has 1 fully saturated rings. The Hall–Kier alpha value is -1.42. The number of hydrogen-bond acceptors (Lipinski definition) is 3. The summed E-state index contributed by atoms with van der Waals surface area (Å²) in [5.74, 6) is -0.769. The molecule has 16 heavy (non-hydrogen) atoms. The van der Waals surface area contributed by atoms with E-state index in [0.29, 0.717) is 6.04 Å². The molecule has 2 rings (SSSR count). The van der Waals surface area contributed by atoms with Crippen molar-refractivity contribution in [2.24, 2.45) is 0 Å². The lowest BCUT2D eigenvalue weighted by atomic mass is 10.2. The van der Waals surface area contributed by atoms with Crippen LogP contribution in [0.15, 0.2) is 24.4 Å². The van der Waals surface area contributed by atoms with Crippen molar-refractivity contribution in [3.05, 3.63) is 30.1 Å². The Morgan fingerprint density at radius 2 is 2.38 bits per heavy atom. The normalized spacial score (nSPS) is 17.4. The van der Waals surface area contributed by atoms with Gasteiger partial charge in [-0.3, -0.25) is 14.7 Å². The highest BCUT2D eigenvalue weighted by Gasteiger charge is 2.34. The second kappa shape index (κ2) is 4.61. The van der Waals surface area contributed by atoms with Gasteiger partial charge >= 0.3 is 5.97 Å². The molecule has 0 amide bonds. The van der Waals surface area contributed by atoms with Crippen LogP contribution in [0.1, 0.15) is 31.5 Å². The first kappa shape index (κ1) is 11.1. The zero-order chi connectivity index (χ0) is 11.5. The molecular formula is C12H16N2O2. The highest BCUT2D eigenvalue weighted by atomic mass is 16.4. The van der Waals surface area contributed by atoms with E-state index in [1.165, 1.54) is 0 Å². The summed E-state index contributed by atoms with van der Waals surface area (Å²) < 4.78 is 0. The van der Waals surface area contributed by atoms with Crippen molar-refractivity contribution in [3.8, 4) is 0 Å². The molecule has 1 aliphatic rings. The predicted molar refractivity (Wildman–Crippen MR) is 60.0 cm³/mol. The van der Waals surface area contributed by atoms with Crippen molar-refractivity contribution in [3.63, 3.8) is 0 Å². The minimum absolute atomic E-state index is 0.0739. The summed E-state index contributed by atoms with van der Waals surface area (Å²) in [7, 11) is 0. The molecule has 1 N–H and O–H groups in total. The van der Waals surface area contributed by atoms with E-state index in [1.807, 2.05) is 30.0 Å². The SMILES string of the molecule is C[C@H](c1ccccn1)N(CC(=O)O)C1CC1. The van der Waals surface area contributed by atoms with Gasteiger partial charge in [0.2, 0.25) is 0 Å². The van der Waals surface area contributed by atoms with Crippen LogP contribution >= 0.6 is 0 Å². The number of carbonyl (C=O) groups is 1. The fourth-order valence-electron chi connectivity index (χ4n) is 1.94. The molecule has 1 saturated carbocycles. The van der Waals surface area contributed by atoms with Gasteiger partial charge in [0.1, 0.15) is 0 Å². The summed E-state index contributed by atoms with van der Waals surface area (Å²) in [6, 6.07) is 6.25. The van der Waals surface area contributed by atoms with Crippen molar-refractivity contribution in [1.82, 2.24) is 9.88 Å². The quantitative estimate of drug-likeness (QED) is 0.820. The molecule has 1 atom stereocenters. The lowest BCUT2D eigenvalue weighted by molar-refractivity contribution is -0.139. The predicted octanol–water partition coefficient (Wildman–Crippen LogP) is 1.69. The molecule has 1 aromatic heterocycles. The molecular weight excluding hydrogens is 204 g/mol. The number of rotatable bonds is 5. The first-order valence-corrected chi connectivity index (χ1v) is 5.57. The standard InChI is InChI=1S/C12H16N2O2/c1-9(11-4-2-3-7-13-11)14(8-12(15)16)10-5-6-10/h2-4,7,9-10H,5-6,8H2,1H3,(H,15,16)/t9-/m1/s1. The second-order valence-electron chi connectivity index (χ2n) is 4.23. The van der Waals surface area contributed by atoms with E-state index in [1.54, 1.807) is 6.20 Å².